The molecule has 3 atom stereocenters. The first-order valence-corrected chi connectivity index (χ1v) is 9.83. The third kappa shape index (κ3) is 6.37. The van der Waals surface area contributed by atoms with E-state index in [2.05, 4.69) is 76.9 Å². The largest absolute Gasteiger partial charge is 0.351 e. The first kappa shape index (κ1) is 22.0. The fourth-order valence-corrected chi connectivity index (χ4v) is 3.59. The topological polar surface area (TPSA) is 3.24 Å². The number of allylic oxidation sites excluding steroid dienone is 9. The molecular formula is C25H37N. The molecule has 0 spiro atoms. The Kier molecular flexibility index (Phi) is 9.80. The molecule has 0 N–H and O–H groups in total. The number of nitrogens with zero attached hydrogens (tertiary/aromatic N) is 1. The van der Waals surface area contributed by atoms with Crippen LogP contribution in [0.4, 0.5) is 0 Å². The lowest BCUT2D eigenvalue weighted by atomic mass is 9.77. The van der Waals surface area contributed by atoms with Gasteiger partial charge in [0.25, 0.3) is 0 Å². The maximum atomic E-state index is 3.93. The minimum atomic E-state index is 0.305. The SMILES string of the molecule is C=C/C=C\C(=C\N(C)C1=CCC(C(CC)CCC=C)C(C)=C1)C(C)C=C. The van der Waals surface area contributed by atoms with Crippen LogP contribution in [0.3, 0.4) is 0 Å². The van der Waals surface area contributed by atoms with Crippen LogP contribution in [0, 0.1) is 17.8 Å². The van der Waals surface area contributed by atoms with Gasteiger partial charge in [-0.1, -0.05) is 68.9 Å². The molecule has 0 radical (unpaired) electrons. The fourth-order valence-electron chi connectivity index (χ4n) is 3.59. The Morgan fingerprint density at radius 1 is 1.35 bits per heavy atom. The Balaban J connectivity index is 2.94. The quantitative estimate of drug-likeness (QED) is 0.281. The number of hydrogen-bond donors (Lipinski definition) is 0. The van der Waals surface area contributed by atoms with Gasteiger partial charge < -0.3 is 4.90 Å². The van der Waals surface area contributed by atoms with E-state index < -0.39 is 0 Å². The third-order valence-corrected chi connectivity index (χ3v) is 5.43. The second-order valence-electron chi connectivity index (χ2n) is 7.25. The van der Waals surface area contributed by atoms with Gasteiger partial charge >= 0.3 is 0 Å². The van der Waals surface area contributed by atoms with Crippen molar-refractivity contribution < 1.29 is 0 Å². The molecule has 0 saturated carbocycles. The summed E-state index contributed by atoms with van der Waals surface area (Å²) in [5, 5.41) is 0. The predicted molar refractivity (Wildman–Crippen MR) is 118 cm³/mol. The molecule has 0 heterocycles. The molecule has 1 aliphatic carbocycles. The summed E-state index contributed by atoms with van der Waals surface area (Å²) in [6.45, 7) is 18.3. The van der Waals surface area contributed by atoms with Crippen molar-refractivity contribution in [2.75, 3.05) is 7.05 Å². The molecule has 0 aromatic rings. The average molecular weight is 352 g/mol. The van der Waals surface area contributed by atoms with Crippen LogP contribution < -0.4 is 0 Å². The maximum absolute atomic E-state index is 3.93. The zero-order valence-electron chi connectivity index (χ0n) is 17.2. The summed E-state index contributed by atoms with van der Waals surface area (Å²) in [6.07, 6.45) is 21.6. The van der Waals surface area contributed by atoms with Gasteiger partial charge in [-0.2, -0.15) is 0 Å². The van der Waals surface area contributed by atoms with Gasteiger partial charge in [0.05, 0.1) is 0 Å². The first-order valence-electron chi connectivity index (χ1n) is 9.83. The lowest BCUT2D eigenvalue weighted by Crippen LogP contribution is -2.21. The van der Waals surface area contributed by atoms with E-state index in [0.717, 1.165) is 18.8 Å². The Morgan fingerprint density at radius 2 is 2.08 bits per heavy atom. The maximum Gasteiger partial charge on any atom is 0.0362 e. The molecular weight excluding hydrogens is 314 g/mol. The van der Waals surface area contributed by atoms with Gasteiger partial charge in [0.1, 0.15) is 0 Å². The normalized spacial score (nSPS) is 20.2. The minimum Gasteiger partial charge on any atom is -0.351 e. The fraction of sp³-hybridized carbons (Fsp3) is 0.440. The van der Waals surface area contributed by atoms with E-state index in [-0.39, 0.29) is 0 Å². The lowest BCUT2D eigenvalue weighted by molar-refractivity contribution is 0.341. The van der Waals surface area contributed by atoms with Gasteiger partial charge in [-0.05, 0) is 49.7 Å². The van der Waals surface area contributed by atoms with Crippen molar-refractivity contribution in [2.24, 2.45) is 17.8 Å². The molecule has 0 amide bonds. The Hall–Kier alpha value is -2.02. The van der Waals surface area contributed by atoms with Crippen LogP contribution in [0.15, 0.2) is 85.3 Å². The van der Waals surface area contributed by atoms with Crippen LogP contribution in [-0.4, -0.2) is 11.9 Å². The summed E-state index contributed by atoms with van der Waals surface area (Å²) in [7, 11) is 2.13. The van der Waals surface area contributed by atoms with Crippen LogP contribution in [-0.2, 0) is 0 Å². The highest BCUT2D eigenvalue weighted by molar-refractivity contribution is 5.33. The molecule has 142 valence electrons. The predicted octanol–water partition coefficient (Wildman–Crippen LogP) is 7.21. The summed E-state index contributed by atoms with van der Waals surface area (Å²) >= 11 is 0. The number of rotatable bonds is 11. The van der Waals surface area contributed by atoms with E-state index in [4.69, 9.17) is 0 Å². The highest BCUT2D eigenvalue weighted by Crippen LogP contribution is 2.35. The zero-order valence-corrected chi connectivity index (χ0v) is 17.2. The highest BCUT2D eigenvalue weighted by atomic mass is 15.1. The van der Waals surface area contributed by atoms with E-state index >= 15 is 0 Å². The van der Waals surface area contributed by atoms with Crippen LogP contribution >= 0.6 is 0 Å². The van der Waals surface area contributed by atoms with E-state index in [0.29, 0.717) is 11.8 Å². The molecule has 3 unspecified atom stereocenters. The molecule has 1 rings (SSSR count). The van der Waals surface area contributed by atoms with Crippen molar-refractivity contribution in [3.63, 3.8) is 0 Å². The standard InChI is InChI=1S/C25H37N/c1-8-12-14-22(11-4)25-17-16-24(18-21(25)6)26(7)19-23(15-13-9-2)20(5)10-3/h8-10,13,15-16,18-20,22,25H,1-3,11-12,14,17H2,4-7H3/b15-13-,23-19-. The van der Waals surface area contributed by atoms with Gasteiger partial charge in [0.15, 0.2) is 0 Å². The van der Waals surface area contributed by atoms with E-state index in [1.165, 1.54) is 29.7 Å². The van der Waals surface area contributed by atoms with Crippen molar-refractivity contribution >= 4 is 0 Å². The van der Waals surface area contributed by atoms with Gasteiger partial charge in [0.2, 0.25) is 0 Å². The van der Waals surface area contributed by atoms with Crippen molar-refractivity contribution in [3.05, 3.63) is 85.3 Å². The molecule has 0 fully saturated rings. The van der Waals surface area contributed by atoms with Gasteiger partial charge in [0, 0.05) is 24.9 Å². The van der Waals surface area contributed by atoms with Gasteiger partial charge in [-0.15, -0.1) is 13.2 Å². The molecule has 1 heteroatoms. The van der Waals surface area contributed by atoms with E-state index in [1.807, 2.05) is 24.3 Å². The zero-order chi connectivity index (χ0) is 19.5. The summed E-state index contributed by atoms with van der Waals surface area (Å²) < 4.78 is 0. The van der Waals surface area contributed by atoms with Crippen LogP contribution in [0.1, 0.15) is 46.5 Å². The number of likely N-dealkylation sites (N-methyl/N-ethyl adjacent to an activating group) is 1. The Morgan fingerprint density at radius 3 is 2.62 bits per heavy atom. The van der Waals surface area contributed by atoms with Crippen molar-refractivity contribution in [1.82, 2.24) is 4.90 Å². The summed E-state index contributed by atoms with van der Waals surface area (Å²) in [4.78, 5) is 2.23. The van der Waals surface area contributed by atoms with Crippen LogP contribution in [0.2, 0.25) is 0 Å². The highest BCUT2D eigenvalue weighted by Gasteiger charge is 2.23. The summed E-state index contributed by atoms with van der Waals surface area (Å²) in [5.41, 5.74) is 4.01. The average Bonchev–Trinajstić information content (AvgIpc) is 2.65. The van der Waals surface area contributed by atoms with E-state index in [1.54, 1.807) is 0 Å². The third-order valence-electron chi connectivity index (χ3n) is 5.43. The van der Waals surface area contributed by atoms with Crippen molar-refractivity contribution in [1.29, 1.82) is 0 Å². The van der Waals surface area contributed by atoms with Crippen LogP contribution in [0.5, 0.6) is 0 Å². The monoisotopic (exact) mass is 351 g/mol. The van der Waals surface area contributed by atoms with Gasteiger partial charge in [-0.3, -0.25) is 0 Å². The minimum absolute atomic E-state index is 0.305. The first-order chi connectivity index (χ1) is 12.5. The molecule has 26 heavy (non-hydrogen) atoms. The van der Waals surface area contributed by atoms with Crippen LogP contribution in [0.25, 0.3) is 0 Å². The molecule has 0 aliphatic heterocycles. The second kappa shape index (κ2) is 11.6. The van der Waals surface area contributed by atoms with Gasteiger partial charge in [-0.25, -0.2) is 0 Å². The van der Waals surface area contributed by atoms with Crippen molar-refractivity contribution in [3.8, 4) is 0 Å². The molecule has 1 nitrogen and oxygen atoms in total. The second-order valence-corrected chi connectivity index (χ2v) is 7.25. The molecule has 0 aromatic carbocycles. The summed E-state index contributed by atoms with van der Waals surface area (Å²) in [6, 6.07) is 0. The summed E-state index contributed by atoms with van der Waals surface area (Å²) in [5.74, 6) is 1.71. The number of hydrogen-bond acceptors (Lipinski definition) is 1. The lowest BCUT2D eigenvalue weighted by Gasteiger charge is -2.31. The Bertz CT molecular complexity index is 600. The van der Waals surface area contributed by atoms with Crippen molar-refractivity contribution in [2.45, 2.75) is 46.5 Å². The Labute approximate surface area is 161 Å². The molecule has 0 saturated heterocycles. The smallest absolute Gasteiger partial charge is 0.0362 e. The molecule has 0 aromatic heterocycles. The molecule has 1 aliphatic rings. The molecule has 0 bridgehead atoms. The van der Waals surface area contributed by atoms with E-state index in [9.17, 15) is 0 Å².